The summed E-state index contributed by atoms with van der Waals surface area (Å²) in [4.78, 5) is 0. The van der Waals surface area contributed by atoms with Gasteiger partial charge in [-0.15, -0.1) is 0 Å². The molecule has 3 aromatic rings. The number of hydrogen-bond donors (Lipinski definition) is 0. The Balaban J connectivity index is 2.02. The molecule has 0 amide bonds. The monoisotopic (exact) mass is 432 g/mol. The fourth-order valence-corrected chi connectivity index (χ4v) is 3.59. The van der Waals surface area contributed by atoms with Gasteiger partial charge in [0.05, 0.1) is 21.3 Å². The van der Waals surface area contributed by atoms with Gasteiger partial charge in [-0.2, -0.15) is 0 Å². The molecule has 0 spiro atoms. The highest BCUT2D eigenvalue weighted by molar-refractivity contribution is 6.32. The van der Waals surface area contributed by atoms with Crippen LogP contribution in [-0.4, -0.2) is 21.3 Å². The van der Waals surface area contributed by atoms with Crippen molar-refractivity contribution >= 4 is 11.6 Å². The van der Waals surface area contributed by atoms with Crippen molar-refractivity contribution in [2.45, 2.75) is 19.8 Å². The van der Waals surface area contributed by atoms with Crippen LogP contribution < -0.4 is 14.2 Å². The summed E-state index contributed by atoms with van der Waals surface area (Å²) in [5, 5.41) is 0.564. The Morgan fingerprint density at radius 1 is 0.700 bits per heavy atom. The first kappa shape index (κ1) is 21.9. The summed E-state index contributed by atoms with van der Waals surface area (Å²) in [6, 6.07) is 11.2. The number of methoxy groups -OCH3 is 3. The second kappa shape index (κ2) is 9.35. The van der Waals surface area contributed by atoms with E-state index in [9.17, 15) is 4.39 Å². The Hall–Kier alpha value is -2.79. The third-order valence-corrected chi connectivity index (χ3v) is 5.45. The summed E-state index contributed by atoms with van der Waals surface area (Å²) in [5.41, 5.74) is 3.02. The van der Waals surface area contributed by atoms with Crippen LogP contribution in [-0.2, 0) is 12.8 Å². The number of rotatable bonds is 7. The molecule has 0 bridgehead atoms. The van der Waals surface area contributed by atoms with E-state index < -0.39 is 5.82 Å². The maximum atomic E-state index is 15.4. The first-order valence-corrected chi connectivity index (χ1v) is 9.74. The summed E-state index contributed by atoms with van der Waals surface area (Å²) in [6.45, 7) is 1.87. The van der Waals surface area contributed by atoms with Crippen LogP contribution in [0.15, 0.2) is 42.5 Å². The molecule has 0 saturated heterocycles. The minimum absolute atomic E-state index is 0.190. The standard InChI is InChI=1S/C24H23ClF2O3/c1-14-5-20(28-2)10-16(23(14)25)9-18-12-22(30-4)11-17(24(18)27)6-15-7-19(26)13-21(8-15)29-3/h5,7-8,10-13H,6,9H2,1-4H3. The Bertz CT molecular complexity index is 1070. The van der Waals surface area contributed by atoms with E-state index in [1.807, 2.05) is 13.0 Å². The molecule has 0 aromatic heterocycles. The number of hydrogen-bond acceptors (Lipinski definition) is 3. The van der Waals surface area contributed by atoms with Crippen molar-refractivity contribution < 1.29 is 23.0 Å². The Kier molecular flexibility index (Phi) is 6.83. The van der Waals surface area contributed by atoms with Gasteiger partial charge in [-0.3, -0.25) is 0 Å². The lowest BCUT2D eigenvalue weighted by Crippen LogP contribution is -2.03. The van der Waals surface area contributed by atoms with E-state index in [4.69, 9.17) is 25.8 Å². The lowest BCUT2D eigenvalue weighted by atomic mass is 9.96. The zero-order valence-corrected chi connectivity index (χ0v) is 18.1. The molecule has 3 nitrogen and oxygen atoms in total. The largest absolute Gasteiger partial charge is 0.497 e. The smallest absolute Gasteiger partial charge is 0.130 e. The van der Waals surface area contributed by atoms with Crippen molar-refractivity contribution in [3.63, 3.8) is 0 Å². The third-order valence-electron chi connectivity index (χ3n) is 4.91. The van der Waals surface area contributed by atoms with Crippen molar-refractivity contribution in [3.8, 4) is 17.2 Å². The van der Waals surface area contributed by atoms with E-state index in [1.54, 1.807) is 31.4 Å². The van der Waals surface area contributed by atoms with Crippen LogP contribution in [0.2, 0.25) is 5.02 Å². The van der Waals surface area contributed by atoms with Gasteiger partial charge in [0.25, 0.3) is 0 Å². The van der Waals surface area contributed by atoms with E-state index in [1.165, 1.54) is 26.4 Å². The van der Waals surface area contributed by atoms with Gasteiger partial charge in [0.1, 0.15) is 28.9 Å². The molecule has 0 radical (unpaired) electrons. The Morgan fingerprint density at radius 2 is 1.23 bits per heavy atom. The maximum Gasteiger partial charge on any atom is 0.130 e. The zero-order valence-electron chi connectivity index (χ0n) is 17.3. The Morgan fingerprint density at radius 3 is 1.87 bits per heavy atom. The molecule has 0 aliphatic heterocycles. The van der Waals surface area contributed by atoms with Crippen LogP contribution in [0.1, 0.15) is 27.8 Å². The number of halogens is 3. The van der Waals surface area contributed by atoms with Crippen molar-refractivity contribution in [1.29, 1.82) is 0 Å². The van der Waals surface area contributed by atoms with Crippen LogP contribution in [0, 0.1) is 18.6 Å². The fraction of sp³-hybridized carbons (Fsp3) is 0.250. The normalized spacial score (nSPS) is 10.8. The van der Waals surface area contributed by atoms with Crippen LogP contribution in [0.25, 0.3) is 0 Å². The highest BCUT2D eigenvalue weighted by Gasteiger charge is 2.16. The molecule has 0 heterocycles. The summed E-state index contributed by atoms with van der Waals surface area (Å²) < 4.78 is 45.1. The summed E-state index contributed by atoms with van der Waals surface area (Å²) in [6.07, 6.45) is 0.453. The SMILES string of the molecule is COc1cc(F)cc(Cc2cc(OC)cc(Cc3cc(OC)cc(C)c3Cl)c2F)c1. The molecule has 0 aliphatic carbocycles. The average Bonchev–Trinajstić information content (AvgIpc) is 2.73. The molecule has 0 unspecified atom stereocenters. The minimum Gasteiger partial charge on any atom is -0.497 e. The van der Waals surface area contributed by atoms with Crippen molar-refractivity contribution in [3.05, 3.63) is 86.9 Å². The second-order valence-electron chi connectivity index (χ2n) is 7.03. The summed E-state index contributed by atoms with van der Waals surface area (Å²) in [5.74, 6) is 0.733. The molecular weight excluding hydrogens is 410 g/mol. The van der Waals surface area contributed by atoms with E-state index in [0.29, 0.717) is 39.0 Å². The average molecular weight is 433 g/mol. The van der Waals surface area contributed by atoms with Gasteiger partial charge in [0.15, 0.2) is 0 Å². The van der Waals surface area contributed by atoms with Gasteiger partial charge in [-0.25, -0.2) is 8.78 Å². The van der Waals surface area contributed by atoms with Gasteiger partial charge >= 0.3 is 0 Å². The van der Waals surface area contributed by atoms with E-state index in [2.05, 4.69) is 0 Å². The first-order valence-electron chi connectivity index (χ1n) is 9.36. The van der Waals surface area contributed by atoms with Crippen LogP contribution in [0.5, 0.6) is 17.2 Å². The van der Waals surface area contributed by atoms with Crippen molar-refractivity contribution in [2.24, 2.45) is 0 Å². The minimum atomic E-state index is -0.438. The fourth-order valence-electron chi connectivity index (χ4n) is 3.41. The van der Waals surface area contributed by atoms with Gasteiger partial charge < -0.3 is 14.2 Å². The quantitative estimate of drug-likeness (QED) is 0.449. The van der Waals surface area contributed by atoms with E-state index in [0.717, 1.165) is 11.1 Å². The van der Waals surface area contributed by atoms with Gasteiger partial charge in [0.2, 0.25) is 0 Å². The Labute approximate surface area is 180 Å². The van der Waals surface area contributed by atoms with Crippen LogP contribution in [0.4, 0.5) is 8.78 Å². The molecule has 6 heteroatoms. The summed E-state index contributed by atoms with van der Waals surface area (Å²) >= 11 is 6.45. The van der Waals surface area contributed by atoms with Crippen LogP contribution >= 0.6 is 11.6 Å². The van der Waals surface area contributed by atoms with Crippen LogP contribution in [0.3, 0.4) is 0 Å². The number of aryl methyl sites for hydroxylation is 1. The number of ether oxygens (including phenoxy) is 3. The highest BCUT2D eigenvalue weighted by atomic mass is 35.5. The molecule has 0 aliphatic rings. The molecule has 0 N–H and O–H groups in total. The molecule has 158 valence electrons. The molecule has 3 rings (SSSR count). The third kappa shape index (κ3) is 4.85. The summed E-state index contributed by atoms with van der Waals surface area (Å²) in [7, 11) is 4.56. The van der Waals surface area contributed by atoms with Gasteiger partial charge in [-0.1, -0.05) is 11.6 Å². The predicted molar refractivity (Wildman–Crippen MR) is 114 cm³/mol. The van der Waals surface area contributed by atoms with Gasteiger partial charge in [0, 0.05) is 23.9 Å². The number of benzene rings is 3. The van der Waals surface area contributed by atoms with Gasteiger partial charge in [-0.05, 0) is 71.1 Å². The molecule has 3 aromatic carbocycles. The van der Waals surface area contributed by atoms with E-state index in [-0.39, 0.29) is 18.7 Å². The lowest BCUT2D eigenvalue weighted by molar-refractivity contribution is 0.410. The maximum absolute atomic E-state index is 15.4. The van der Waals surface area contributed by atoms with Crippen molar-refractivity contribution in [1.82, 2.24) is 0 Å². The zero-order chi connectivity index (χ0) is 21.8. The predicted octanol–water partition coefficient (Wildman–Crippen LogP) is 6.13. The highest BCUT2D eigenvalue weighted by Crippen LogP contribution is 2.32. The second-order valence-corrected chi connectivity index (χ2v) is 7.41. The molecular formula is C24H23ClF2O3. The topological polar surface area (TPSA) is 27.7 Å². The molecule has 0 atom stereocenters. The molecule has 0 fully saturated rings. The first-order chi connectivity index (χ1) is 14.3. The molecule has 0 saturated carbocycles. The van der Waals surface area contributed by atoms with E-state index >= 15 is 4.39 Å². The lowest BCUT2D eigenvalue weighted by Gasteiger charge is -2.14. The molecule has 30 heavy (non-hydrogen) atoms. The van der Waals surface area contributed by atoms with Crippen molar-refractivity contribution in [2.75, 3.05) is 21.3 Å².